The van der Waals surface area contributed by atoms with Crippen LogP contribution in [0.5, 0.6) is 0 Å². The van der Waals surface area contributed by atoms with E-state index >= 15 is 0 Å². The Morgan fingerprint density at radius 2 is 2.28 bits per heavy atom. The number of aliphatic hydroxyl groups is 1. The molecule has 1 saturated heterocycles. The Morgan fingerprint density at radius 1 is 1.44 bits per heavy atom. The second-order valence-electron chi connectivity index (χ2n) is 4.05. The maximum atomic E-state index is 13.8. The predicted octanol–water partition coefficient (Wildman–Crippen LogP) is 2.19. The van der Waals surface area contributed by atoms with Gasteiger partial charge in [-0.3, -0.25) is 0 Å². The summed E-state index contributed by atoms with van der Waals surface area (Å²) < 4.78 is 18.8. The van der Waals surface area contributed by atoms with Crippen LogP contribution in [0.4, 0.5) is 4.39 Å². The van der Waals surface area contributed by atoms with Gasteiger partial charge in [0.15, 0.2) is 0 Å². The predicted molar refractivity (Wildman–Crippen MR) is 70.9 cm³/mol. The van der Waals surface area contributed by atoms with Crippen molar-refractivity contribution in [2.45, 2.75) is 17.4 Å². The van der Waals surface area contributed by atoms with Crippen LogP contribution in [0.1, 0.15) is 17.5 Å². The molecule has 0 amide bonds. The summed E-state index contributed by atoms with van der Waals surface area (Å²) >= 11 is 1.72. The summed E-state index contributed by atoms with van der Waals surface area (Å²) in [5, 5.41) is 9.11. The fraction of sp³-hybridized carbons (Fsp3) is 0.429. The highest BCUT2D eigenvalue weighted by molar-refractivity contribution is 7.99. The van der Waals surface area contributed by atoms with Crippen molar-refractivity contribution in [1.29, 1.82) is 0 Å². The molecule has 1 fully saturated rings. The lowest BCUT2D eigenvalue weighted by Crippen LogP contribution is -2.30. The summed E-state index contributed by atoms with van der Waals surface area (Å²) in [6.07, 6.45) is 0.418. The first-order chi connectivity index (χ1) is 8.79. The first kappa shape index (κ1) is 13.4. The van der Waals surface area contributed by atoms with Crippen LogP contribution in [0.2, 0.25) is 0 Å². The minimum atomic E-state index is -0.210. The van der Waals surface area contributed by atoms with Crippen LogP contribution in [-0.2, 0) is 10.5 Å². The number of rotatable bonds is 4. The molecule has 4 heteroatoms. The largest absolute Gasteiger partial charge is 0.395 e. The third kappa shape index (κ3) is 3.74. The monoisotopic (exact) mass is 266 g/mol. The van der Waals surface area contributed by atoms with Crippen LogP contribution in [0, 0.1) is 17.7 Å². The molecule has 1 aliphatic heterocycles. The Bertz CT molecular complexity index is 461. The summed E-state index contributed by atoms with van der Waals surface area (Å²) in [7, 11) is 0. The summed E-state index contributed by atoms with van der Waals surface area (Å²) in [5.41, 5.74) is 1.36. The Morgan fingerprint density at radius 3 is 2.89 bits per heavy atom. The average Bonchev–Trinajstić information content (AvgIpc) is 2.30. The van der Waals surface area contributed by atoms with E-state index < -0.39 is 0 Å². The highest BCUT2D eigenvalue weighted by Gasteiger charge is 2.19. The second-order valence-corrected chi connectivity index (χ2v) is 5.34. The lowest BCUT2D eigenvalue weighted by Gasteiger charge is -2.25. The lowest BCUT2D eigenvalue weighted by molar-refractivity contribution is 0.0455. The zero-order valence-corrected chi connectivity index (χ0v) is 10.8. The van der Waals surface area contributed by atoms with Crippen molar-refractivity contribution in [3.05, 3.63) is 35.1 Å². The fourth-order valence-corrected chi connectivity index (χ4v) is 2.51. The van der Waals surface area contributed by atoms with Crippen molar-refractivity contribution < 1.29 is 14.2 Å². The zero-order valence-electron chi connectivity index (χ0n) is 9.99. The SMILES string of the molecule is OCCC#Cc1ccc(CSC2COC2)c(F)c1. The quantitative estimate of drug-likeness (QED) is 0.847. The van der Waals surface area contributed by atoms with Gasteiger partial charge in [0, 0.05) is 17.7 Å². The standard InChI is InChI=1S/C14H15FO2S/c15-14-7-11(3-1-2-6-16)4-5-12(14)10-18-13-8-17-9-13/h4-5,7,13,16H,2,6,8-10H2. The number of hydrogen-bond acceptors (Lipinski definition) is 3. The molecule has 0 unspecified atom stereocenters. The molecule has 0 saturated carbocycles. The van der Waals surface area contributed by atoms with Gasteiger partial charge in [-0.25, -0.2) is 4.39 Å². The van der Waals surface area contributed by atoms with Gasteiger partial charge in [-0.2, -0.15) is 0 Å². The summed E-state index contributed by atoms with van der Waals surface area (Å²) in [4.78, 5) is 0. The smallest absolute Gasteiger partial charge is 0.128 e. The van der Waals surface area contributed by atoms with Crippen molar-refractivity contribution in [1.82, 2.24) is 0 Å². The van der Waals surface area contributed by atoms with Gasteiger partial charge in [-0.05, 0) is 17.7 Å². The van der Waals surface area contributed by atoms with E-state index in [4.69, 9.17) is 9.84 Å². The van der Waals surface area contributed by atoms with E-state index in [0.717, 1.165) is 13.2 Å². The van der Waals surface area contributed by atoms with E-state index in [2.05, 4.69) is 11.8 Å². The zero-order chi connectivity index (χ0) is 12.8. The minimum Gasteiger partial charge on any atom is -0.395 e. The van der Waals surface area contributed by atoms with Crippen LogP contribution in [0.15, 0.2) is 18.2 Å². The average molecular weight is 266 g/mol. The number of halogens is 1. The highest BCUT2D eigenvalue weighted by atomic mass is 32.2. The van der Waals surface area contributed by atoms with Gasteiger partial charge in [-0.1, -0.05) is 17.9 Å². The van der Waals surface area contributed by atoms with E-state index in [1.54, 1.807) is 17.8 Å². The Hall–Kier alpha value is -1.02. The molecule has 0 aromatic heterocycles. The first-order valence-corrected chi connectivity index (χ1v) is 6.92. The molecule has 1 heterocycles. The maximum absolute atomic E-state index is 13.8. The van der Waals surface area contributed by atoms with E-state index in [9.17, 15) is 4.39 Å². The Labute approximate surface area is 111 Å². The van der Waals surface area contributed by atoms with E-state index in [0.29, 0.717) is 28.6 Å². The highest BCUT2D eigenvalue weighted by Crippen LogP contribution is 2.24. The molecule has 2 rings (SSSR count). The van der Waals surface area contributed by atoms with Crippen molar-refractivity contribution >= 4 is 11.8 Å². The van der Waals surface area contributed by atoms with Gasteiger partial charge in [0.1, 0.15) is 5.82 Å². The van der Waals surface area contributed by atoms with Crippen LogP contribution >= 0.6 is 11.8 Å². The molecule has 96 valence electrons. The first-order valence-electron chi connectivity index (χ1n) is 5.87. The number of thioether (sulfide) groups is 1. The summed E-state index contributed by atoms with van der Waals surface area (Å²) in [6, 6.07) is 5.06. The molecular weight excluding hydrogens is 251 g/mol. The molecule has 0 atom stereocenters. The van der Waals surface area contributed by atoms with Crippen molar-refractivity contribution in [3.8, 4) is 11.8 Å². The fourth-order valence-electron chi connectivity index (χ4n) is 1.48. The van der Waals surface area contributed by atoms with Gasteiger partial charge in [-0.15, -0.1) is 11.8 Å². The van der Waals surface area contributed by atoms with Crippen molar-refractivity contribution in [2.75, 3.05) is 19.8 Å². The van der Waals surface area contributed by atoms with Crippen LogP contribution in [-0.4, -0.2) is 30.2 Å². The maximum Gasteiger partial charge on any atom is 0.128 e. The molecule has 0 bridgehead atoms. The molecule has 1 aliphatic rings. The second kappa shape index (κ2) is 6.79. The lowest BCUT2D eigenvalue weighted by atomic mass is 10.1. The summed E-state index contributed by atoms with van der Waals surface area (Å²) in [6.45, 7) is 1.58. The third-order valence-corrected chi connectivity index (χ3v) is 3.83. The van der Waals surface area contributed by atoms with Gasteiger partial charge in [0.05, 0.1) is 25.1 Å². The number of hydrogen-bond donors (Lipinski definition) is 1. The number of aliphatic hydroxyl groups excluding tert-OH is 1. The van der Waals surface area contributed by atoms with Gasteiger partial charge >= 0.3 is 0 Å². The molecule has 0 aliphatic carbocycles. The molecule has 1 aromatic rings. The van der Waals surface area contributed by atoms with E-state index in [1.165, 1.54) is 6.07 Å². The third-order valence-electron chi connectivity index (χ3n) is 2.60. The molecule has 1 N–H and O–H groups in total. The molecule has 2 nitrogen and oxygen atoms in total. The van der Waals surface area contributed by atoms with Gasteiger partial charge in [0.25, 0.3) is 0 Å². The normalized spacial score (nSPS) is 14.8. The molecule has 18 heavy (non-hydrogen) atoms. The van der Waals surface area contributed by atoms with E-state index in [-0.39, 0.29) is 12.4 Å². The molecular formula is C14H15FO2S. The Kier molecular flexibility index (Phi) is 5.06. The van der Waals surface area contributed by atoms with Crippen LogP contribution < -0.4 is 0 Å². The van der Waals surface area contributed by atoms with Gasteiger partial charge in [0.2, 0.25) is 0 Å². The van der Waals surface area contributed by atoms with E-state index in [1.807, 2.05) is 6.07 Å². The minimum absolute atomic E-state index is 0.0354. The molecule has 0 radical (unpaired) electrons. The van der Waals surface area contributed by atoms with Crippen LogP contribution in [0.25, 0.3) is 0 Å². The summed E-state index contributed by atoms with van der Waals surface area (Å²) in [5.74, 6) is 6.06. The topological polar surface area (TPSA) is 29.5 Å². The van der Waals surface area contributed by atoms with Crippen molar-refractivity contribution in [2.24, 2.45) is 0 Å². The number of ether oxygens (including phenoxy) is 1. The van der Waals surface area contributed by atoms with Gasteiger partial charge < -0.3 is 9.84 Å². The molecule has 0 spiro atoms. The Balaban J connectivity index is 1.94. The van der Waals surface area contributed by atoms with Crippen molar-refractivity contribution in [3.63, 3.8) is 0 Å². The number of benzene rings is 1. The molecule has 1 aromatic carbocycles. The van der Waals surface area contributed by atoms with Crippen LogP contribution in [0.3, 0.4) is 0 Å².